The van der Waals surface area contributed by atoms with Crippen LogP contribution < -0.4 is 0 Å². The van der Waals surface area contributed by atoms with Gasteiger partial charge >= 0.3 is 5.97 Å². The molecule has 1 aromatic carbocycles. The summed E-state index contributed by atoms with van der Waals surface area (Å²) in [6, 6.07) is 10.1. The van der Waals surface area contributed by atoms with Crippen LogP contribution in [0.15, 0.2) is 54.6 Å². The molecular weight excluding hydrogens is 396 g/mol. The number of hydrogen-bond acceptors (Lipinski definition) is 3. The number of cyclic esters (lactones) is 1. The summed E-state index contributed by atoms with van der Waals surface area (Å²) in [5, 5.41) is 10.4. The predicted octanol–water partition coefficient (Wildman–Crippen LogP) is 7.34. The van der Waals surface area contributed by atoms with Gasteiger partial charge in [0.25, 0.3) is 0 Å². The third-order valence-corrected chi connectivity index (χ3v) is 6.31. The molecule has 0 aromatic heterocycles. The molecule has 1 saturated heterocycles. The molecular formula is C29H44O3. The summed E-state index contributed by atoms with van der Waals surface area (Å²) < 4.78 is 5.31. The van der Waals surface area contributed by atoms with Crippen LogP contribution in [0.3, 0.4) is 0 Å². The molecule has 0 radical (unpaired) electrons. The summed E-state index contributed by atoms with van der Waals surface area (Å²) in [4.78, 5) is 11.8. The van der Waals surface area contributed by atoms with Crippen LogP contribution in [0.25, 0.3) is 0 Å². The van der Waals surface area contributed by atoms with Crippen molar-refractivity contribution >= 4 is 5.97 Å². The average Bonchev–Trinajstić information content (AvgIpc) is 2.80. The van der Waals surface area contributed by atoms with E-state index in [1.165, 1.54) is 57.8 Å². The molecule has 0 bridgehead atoms. The number of aliphatic hydroxyl groups excluding tert-OH is 1. The second-order valence-corrected chi connectivity index (χ2v) is 9.18. The van der Waals surface area contributed by atoms with E-state index in [0.29, 0.717) is 12.8 Å². The summed E-state index contributed by atoms with van der Waals surface area (Å²) in [5.74, 6) is -0.222. The van der Waals surface area contributed by atoms with Crippen LogP contribution in [-0.2, 0) is 16.0 Å². The molecule has 178 valence electrons. The van der Waals surface area contributed by atoms with E-state index < -0.39 is 0 Å². The van der Waals surface area contributed by atoms with Crippen LogP contribution in [-0.4, -0.2) is 23.3 Å². The molecule has 3 nitrogen and oxygen atoms in total. The highest BCUT2D eigenvalue weighted by Crippen LogP contribution is 2.30. The van der Waals surface area contributed by atoms with Gasteiger partial charge < -0.3 is 9.84 Å². The predicted molar refractivity (Wildman–Crippen MR) is 133 cm³/mol. The second kappa shape index (κ2) is 16.7. The highest BCUT2D eigenvalue weighted by Gasteiger charge is 2.42. The largest absolute Gasteiger partial charge is 0.461 e. The fourth-order valence-corrected chi connectivity index (χ4v) is 4.27. The third-order valence-electron chi connectivity index (χ3n) is 6.31. The van der Waals surface area contributed by atoms with Crippen molar-refractivity contribution in [3.63, 3.8) is 0 Å². The lowest BCUT2D eigenvalue weighted by molar-refractivity contribution is -0.187. The molecule has 0 amide bonds. The maximum atomic E-state index is 11.8. The first-order chi connectivity index (χ1) is 15.7. The number of carbonyl (C=O) groups excluding carboxylic acids is 1. The molecule has 1 fully saturated rings. The van der Waals surface area contributed by atoms with E-state index in [1.807, 2.05) is 30.3 Å². The molecule has 1 aliphatic rings. The van der Waals surface area contributed by atoms with E-state index in [1.54, 1.807) is 0 Å². The highest BCUT2D eigenvalue weighted by molar-refractivity contribution is 5.78. The number of ether oxygens (including phenoxy) is 1. The normalized spacial score (nSPS) is 19.4. The van der Waals surface area contributed by atoms with Gasteiger partial charge in [0.15, 0.2) is 0 Å². The van der Waals surface area contributed by atoms with E-state index >= 15 is 0 Å². The van der Waals surface area contributed by atoms with Gasteiger partial charge in [0, 0.05) is 6.42 Å². The molecule has 3 heteroatoms. The average molecular weight is 441 g/mol. The summed E-state index contributed by atoms with van der Waals surface area (Å²) in [6.07, 6.45) is 24.1. The number of rotatable bonds is 18. The van der Waals surface area contributed by atoms with Gasteiger partial charge in [-0.15, -0.1) is 0 Å². The van der Waals surface area contributed by atoms with Crippen molar-refractivity contribution in [3.8, 4) is 0 Å². The maximum Gasteiger partial charge on any atom is 0.313 e. The monoisotopic (exact) mass is 440 g/mol. The zero-order valence-corrected chi connectivity index (χ0v) is 20.1. The Labute approximate surface area is 196 Å². The van der Waals surface area contributed by atoms with Gasteiger partial charge in [-0.3, -0.25) is 4.79 Å². The van der Waals surface area contributed by atoms with Crippen LogP contribution in [0.1, 0.15) is 96.0 Å². The van der Waals surface area contributed by atoms with E-state index in [4.69, 9.17) is 4.74 Å². The quantitative estimate of drug-likeness (QED) is 0.148. The molecule has 1 N–H and O–H groups in total. The Bertz CT molecular complexity index is 664. The summed E-state index contributed by atoms with van der Waals surface area (Å²) in [5.41, 5.74) is 1.15. The summed E-state index contributed by atoms with van der Waals surface area (Å²) >= 11 is 0. The molecule has 3 atom stereocenters. The van der Waals surface area contributed by atoms with Crippen LogP contribution in [0.5, 0.6) is 0 Å². The molecule has 0 aliphatic carbocycles. The Morgan fingerprint density at radius 3 is 2.25 bits per heavy atom. The van der Waals surface area contributed by atoms with E-state index in [-0.39, 0.29) is 24.1 Å². The molecule has 32 heavy (non-hydrogen) atoms. The molecule has 2 rings (SSSR count). The fourth-order valence-electron chi connectivity index (χ4n) is 4.27. The first kappa shape index (κ1) is 26.4. The summed E-state index contributed by atoms with van der Waals surface area (Å²) in [7, 11) is 0. The van der Waals surface area contributed by atoms with Gasteiger partial charge in [-0.1, -0.05) is 100 Å². The lowest BCUT2D eigenvalue weighted by atomic mass is 9.86. The minimum atomic E-state index is -0.371. The van der Waals surface area contributed by atoms with Crippen molar-refractivity contribution in [1.82, 2.24) is 0 Å². The number of esters is 1. The SMILES string of the molecule is CCCCCC=CCC=CCCCCCCCC(O)C[C@@H]1OC(=O)[C@H]1Cc1ccccc1. The Morgan fingerprint density at radius 1 is 0.906 bits per heavy atom. The van der Waals surface area contributed by atoms with Crippen molar-refractivity contribution < 1.29 is 14.6 Å². The number of hydrogen-bond donors (Lipinski definition) is 1. The number of unbranched alkanes of at least 4 members (excludes halogenated alkanes) is 8. The van der Waals surface area contributed by atoms with Crippen molar-refractivity contribution in [2.24, 2.45) is 5.92 Å². The van der Waals surface area contributed by atoms with Gasteiger partial charge in [0.05, 0.1) is 12.0 Å². The van der Waals surface area contributed by atoms with E-state index in [9.17, 15) is 9.90 Å². The first-order valence-electron chi connectivity index (χ1n) is 12.9. The Morgan fingerprint density at radius 2 is 1.56 bits per heavy atom. The first-order valence-corrected chi connectivity index (χ1v) is 12.9. The van der Waals surface area contributed by atoms with E-state index in [2.05, 4.69) is 31.2 Å². The standard InChI is InChI=1S/C29H44O3/c1-2-3-4-5-6-7-8-9-10-11-12-13-14-15-19-22-26(30)24-28-27(29(31)32-28)23-25-20-17-16-18-21-25/h6-7,9-10,16-18,20-21,26-28,30H,2-5,8,11-15,19,22-24H2,1H3/t26?,27-,28-/m0/s1. The second-order valence-electron chi connectivity index (χ2n) is 9.18. The number of allylic oxidation sites excluding steroid dienone is 4. The molecule has 1 heterocycles. The Hall–Kier alpha value is -1.87. The van der Waals surface area contributed by atoms with Crippen LogP contribution in [0.2, 0.25) is 0 Å². The number of carbonyl (C=O) groups is 1. The molecule has 1 unspecified atom stereocenters. The zero-order valence-electron chi connectivity index (χ0n) is 20.1. The van der Waals surface area contributed by atoms with Gasteiger partial charge in [-0.25, -0.2) is 0 Å². The van der Waals surface area contributed by atoms with Gasteiger partial charge in [0.1, 0.15) is 6.10 Å². The van der Waals surface area contributed by atoms with Crippen molar-refractivity contribution in [2.75, 3.05) is 0 Å². The van der Waals surface area contributed by atoms with Crippen LogP contribution in [0, 0.1) is 5.92 Å². The highest BCUT2D eigenvalue weighted by atomic mass is 16.6. The van der Waals surface area contributed by atoms with E-state index in [0.717, 1.165) is 24.8 Å². The smallest absolute Gasteiger partial charge is 0.313 e. The van der Waals surface area contributed by atoms with Crippen LogP contribution >= 0.6 is 0 Å². The lowest BCUT2D eigenvalue weighted by Crippen LogP contribution is -2.47. The topological polar surface area (TPSA) is 46.5 Å². The Kier molecular flexibility index (Phi) is 13.8. The Balaban J connectivity index is 1.43. The number of aliphatic hydroxyl groups is 1. The lowest BCUT2D eigenvalue weighted by Gasteiger charge is -2.36. The minimum absolute atomic E-state index is 0.100. The van der Waals surface area contributed by atoms with Crippen molar-refractivity contribution in [3.05, 3.63) is 60.2 Å². The van der Waals surface area contributed by atoms with Crippen molar-refractivity contribution in [1.29, 1.82) is 0 Å². The van der Waals surface area contributed by atoms with Gasteiger partial charge in [-0.05, 0) is 50.5 Å². The zero-order chi connectivity index (χ0) is 22.9. The minimum Gasteiger partial charge on any atom is -0.461 e. The molecule has 0 spiro atoms. The fraction of sp³-hybridized carbons (Fsp3) is 0.621. The third kappa shape index (κ3) is 11.1. The van der Waals surface area contributed by atoms with Gasteiger partial charge in [0.2, 0.25) is 0 Å². The van der Waals surface area contributed by atoms with Crippen LogP contribution in [0.4, 0.5) is 0 Å². The molecule has 1 aliphatic heterocycles. The van der Waals surface area contributed by atoms with Crippen molar-refractivity contribution in [2.45, 2.75) is 109 Å². The number of benzene rings is 1. The van der Waals surface area contributed by atoms with Gasteiger partial charge in [-0.2, -0.15) is 0 Å². The summed E-state index contributed by atoms with van der Waals surface area (Å²) in [6.45, 7) is 2.24. The maximum absolute atomic E-state index is 11.8. The molecule has 0 saturated carbocycles. The molecule has 1 aromatic rings.